The van der Waals surface area contributed by atoms with Gasteiger partial charge in [0, 0.05) is 6.04 Å². The molecule has 2 rings (SSSR count). The van der Waals surface area contributed by atoms with Gasteiger partial charge in [0.25, 0.3) is 0 Å². The van der Waals surface area contributed by atoms with Gasteiger partial charge in [-0.05, 0) is 49.1 Å². The summed E-state index contributed by atoms with van der Waals surface area (Å²) in [6.07, 6.45) is 0. The summed E-state index contributed by atoms with van der Waals surface area (Å²) in [5.41, 5.74) is 12.2. The van der Waals surface area contributed by atoms with Crippen LogP contribution in [-0.4, -0.2) is 0 Å². The lowest BCUT2D eigenvalue weighted by molar-refractivity contribution is 0.810. The summed E-state index contributed by atoms with van der Waals surface area (Å²) in [5.74, 6) is 0. The molecule has 2 aromatic carbocycles. The molecule has 2 aromatic rings. The Morgan fingerprint density at radius 1 is 0.882 bits per heavy atom. The molecular formula is C16H19N. The lowest BCUT2D eigenvalue weighted by Crippen LogP contribution is -2.06. The molecule has 0 fully saturated rings. The molecule has 0 saturated carbocycles. The van der Waals surface area contributed by atoms with Crippen LogP contribution in [0.4, 0.5) is 0 Å². The van der Waals surface area contributed by atoms with Crippen LogP contribution < -0.4 is 5.73 Å². The third-order valence-electron chi connectivity index (χ3n) is 3.15. The molecule has 0 aliphatic rings. The van der Waals surface area contributed by atoms with E-state index in [2.05, 4.69) is 56.3 Å². The average Bonchev–Trinajstić information content (AvgIpc) is 2.30. The van der Waals surface area contributed by atoms with Crippen LogP contribution in [0.2, 0.25) is 0 Å². The Morgan fingerprint density at radius 3 is 2.06 bits per heavy atom. The molecule has 1 nitrogen and oxygen atoms in total. The molecule has 0 aliphatic heterocycles. The summed E-state index contributed by atoms with van der Waals surface area (Å²) in [6, 6.07) is 15.2. The van der Waals surface area contributed by atoms with Crippen molar-refractivity contribution in [2.75, 3.05) is 0 Å². The monoisotopic (exact) mass is 225 g/mol. The van der Waals surface area contributed by atoms with Crippen molar-refractivity contribution in [3.8, 4) is 11.1 Å². The van der Waals surface area contributed by atoms with Crippen molar-refractivity contribution < 1.29 is 0 Å². The minimum Gasteiger partial charge on any atom is -0.324 e. The van der Waals surface area contributed by atoms with Crippen LogP contribution in [0.25, 0.3) is 11.1 Å². The topological polar surface area (TPSA) is 26.0 Å². The largest absolute Gasteiger partial charge is 0.324 e. The standard InChI is InChI=1S/C16H19N/c1-11-4-7-14(8-5-11)15-9-6-12(2)16(10-15)13(3)17/h4-10,13H,17H2,1-3H3. The summed E-state index contributed by atoms with van der Waals surface area (Å²) in [6.45, 7) is 6.24. The van der Waals surface area contributed by atoms with Crippen LogP contribution >= 0.6 is 0 Å². The second-order valence-corrected chi connectivity index (χ2v) is 4.73. The van der Waals surface area contributed by atoms with Gasteiger partial charge in [0.2, 0.25) is 0 Å². The zero-order valence-corrected chi connectivity index (χ0v) is 10.7. The van der Waals surface area contributed by atoms with Crippen molar-refractivity contribution in [1.29, 1.82) is 0 Å². The second-order valence-electron chi connectivity index (χ2n) is 4.73. The van der Waals surface area contributed by atoms with Gasteiger partial charge in [-0.25, -0.2) is 0 Å². The first-order valence-corrected chi connectivity index (χ1v) is 6.01. The van der Waals surface area contributed by atoms with Crippen LogP contribution in [-0.2, 0) is 0 Å². The maximum atomic E-state index is 5.99. The lowest BCUT2D eigenvalue weighted by atomic mass is 9.96. The highest BCUT2D eigenvalue weighted by Crippen LogP contribution is 2.25. The zero-order chi connectivity index (χ0) is 12.4. The third kappa shape index (κ3) is 2.56. The van der Waals surface area contributed by atoms with E-state index in [9.17, 15) is 0 Å². The van der Waals surface area contributed by atoms with Gasteiger partial charge in [-0.1, -0.05) is 42.0 Å². The molecule has 1 atom stereocenters. The van der Waals surface area contributed by atoms with Crippen LogP contribution in [0.15, 0.2) is 42.5 Å². The van der Waals surface area contributed by atoms with Crippen LogP contribution in [0, 0.1) is 13.8 Å². The molecule has 88 valence electrons. The lowest BCUT2D eigenvalue weighted by Gasteiger charge is -2.12. The molecule has 17 heavy (non-hydrogen) atoms. The first kappa shape index (κ1) is 11.9. The fourth-order valence-electron chi connectivity index (χ4n) is 2.06. The van der Waals surface area contributed by atoms with Gasteiger partial charge in [-0.2, -0.15) is 0 Å². The summed E-state index contributed by atoms with van der Waals surface area (Å²) in [5, 5.41) is 0. The van der Waals surface area contributed by atoms with Crippen molar-refractivity contribution in [2.45, 2.75) is 26.8 Å². The van der Waals surface area contributed by atoms with Gasteiger partial charge in [-0.15, -0.1) is 0 Å². The van der Waals surface area contributed by atoms with Crippen LogP contribution in [0.5, 0.6) is 0 Å². The van der Waals surface area contributed by atoms with Crippen molar-refractivity contribution in [2.24, 2.45) is 5.73 Å². The van der Waals surface area contributed by atoms with E-state index in [4.69, 9.17) is 5.73 Å². The van der Waals surface area contributed by atoms with Crippen LogP contribution in [0.1, 0.15) is 29.7 Å². The third-order valence-corrected chi connectivity index (χ3v) is 3.15. The van der Waals surface area contributed by atoms with Gasteiger partial charge in [0.1, 0.15) is 0 Å². The number of rotatable bonds is 2. The molecule has 2 N–H and O–H groups in total. The van der Waals surface area contributed by atoms with Crippen molar-refractivity contribution in [3.05, 3.63) is 59.2 Å². The molecule has 1 heteroatoms. The normalized spacial score (nSPS) is 12.5. The highest BCUT2D eigenvalue weighted by molar-refractivity contribution is 5.65. The number of hydrogen-bond acceptors (Lipinski definition) is 1. The fraction of sp³-hybridized carbons (Fsp3) is 0.250. The molecule has 0 amide bonds. The first-order chi connectivity index (χ1) is 8.08. The maximum absolute atomic E-state index is 5.99. The number of benzene rings is 2. The van der Waals surface area contributed by atoms with Crippen molar-refractivity contribution in [1.82, 2.24) is 0 Å². The van der Waals surface area contributed by atoms with E-state index in [1.807, 2.05) is 6.92 Å². The Morgan fingerprint density at radius 2 is 1.47 bits per heavy atom. The maximum Gasteiger partial charge on any atom is 0.0268 e. The zero-order valence-electron chi connectivity index (χ0n) is 10.7. The molecule has 1 unspecified atom stereocenters. The predicted molar refractivity (Wildman–Crippen MR) is 74.0 cm³/mol. The average molecular weight is 225 g/mol. The van der Waals surface area contributed by atoms with E-state index in [0.717, 1.165) is 0 Å². The highest BCUT2D eigenvalue weighted by atomic mass is 14.6. The van der Waals surface area contributed by atoms with Crippen molar-refractivity contribution in [3.63, 3.8) is 0 Å². The second kappa shape index (κ2) is 4.72. The fourth-order valence-corrected chi connectivity index (χ4v) is 2.06. The van der Waals surface area contributed by atoms with E-state index in [-0.39, 0.29) is 6.04 Å². The molecule has 0 radical (unpaired) electrons. The van der Waals surface area contributed by atoms with E-state index in [1.165, 1.54) is 27.8 Å². The molecule has 0 aromatic heterocycles. The first-order valence-electron chi connectivity index (χ1n) is 6.01. The molecular weight excluding hydrogens is 206 g/mol. The van der Waals surface area contributed by atoms with E-state index < -0.39 is 0 Å². The Kier molecular flexibility index (Phi) is 3.30. The van der Waals surface area contributed by atoms with E-state index in [0.29, 0.717) is 0 Å². The van der Waals surface area contributed by atoms with Gasteiger partial charge in [-0.3, -0.25) is 0 Å². The summed E-state index contributed by atoms with van der Waals surface area (Å²) in [7, 11) is 0. The van der Waals surface area contributed by atoms with Gasteiger partial charge >= 0.3 is 0 Å². The Balaban J connectivity index is 2.46. The molecule has 0 saturated heterocycles. The van der Waals surface area contributed by atoms with Gasteiger partial charge < -0.3 is 5.73 Å². The molecule has 0 bridgehead atoms. The number of aryl methyl sites for hydroxylation is 2. The molecule has 0 aliphatic carbocycles. The SMILES string of the molecule is Cc1ccc(-c2ccc(C)c(C(C)N)c2)cc1. The Labute approximate surface area is 103 Å². The molecule has 0 spiro atoms. The smallest absolute Gasteiger partial charge is 0.0268 e. The molecule has 0 heterocycles. The van der Waals surface area contributed by atoms with E-state index in [1.54, 1.807) is 0 Å². The quantitative estimate of drug-likeness (QED) is 0.821. The van der Waals surface area contributed by atoms with Crippen LogP contribution in [0.3, 0.4) is 0 Å². The highest BCUT2D eigenvalue weighted by Gasteiger charge is 2.06. The Hall–Kier alpha value is -1.60. The summed E-state index contributed by atoms with van der Waals surface area (Å²) in [4.78, 5) is 0. The minimum atomic E-state index is 0.0837. The van der Waals surface area contributed by atoms with Gasteiger partial charge in [0.15, 0.2) is 0 Å². The van der Waals surface area contributed by atoms with E-state index >= 15 is 0 Å². The minimum absolute atomic E-state index is 0.0837. The number of nitrogens with two attached hydrogens (primary N) is 1. The number of hydrogen-bond donors (Lipinski definition) is 1. The Bertz CT molecular complexity index is 510. The summed E-state index contributed by atoms with van der Waals surface area (Å²) < 4.78 is 0. The summed E-state index contributed by atoms with van der Waals surface area (Å²) >= 11 is 0. The predicted octanol–water partition coefficient (Wildman–Crippen LogP) is 3.99. The van der Waals surface area contributed by atoms with Crippen molar-refractivity contribution >= 4 is 0 Å². The van der Waals surface area contributed by atoms with Gasteiger partial charge in [0.05, 0.1) is 0 Å².